The van der Waals surface area contributed by atoms with Crippen molar-refractivity contribution in [1.82, 2.24) is 0 Å². The number of nitrogens with two attached hydrogens (primary N) is 1. The maximum atomic E-state index is 6.38. The van der Waals surface area contributed by atoms with Crippen LogP contribution in [0.25, 0.3) is 10.1 Å². The summed E-state index contributed by atoms with van der Waals surface area (Å²) in [5, 5.41) is 4.07. The Morgan fingerprint density at radius 2 is 1.84 bits per heavy atom. The number of benzene rings is 2. The Morgan fingerprint density at radius 1 is 1.11 bits per heavy atom. The van der Waals surface area contributed by atoms with Crippen molar-refractivity contribution in [3.63, 3.8) is 0 Å². The third-order valence-electron chi connectivity index (χ3n) is 3.15. The first kappa shape index (κ1) is 13.1. The van der Waals surface area contributed by atoms with Crippen molar-refractivity contribution in [2.45, 2.75) is 6.04 Å². The van der Waals surface area contributed by atoms with E-state index in [2.05, 4.69) is 33.4 Å². The summed E-state index contributed by atoms with van der Waals surface area (Å²) in [6, 6.07) is 13.8. The molecule has 0 spiro atoms. The van der Waals surface area contributed by atoms with Crippen molar-refractivity contribution in [2.75, 3.05) is 0 Å². The van der Waals surface area contributed by atoms with Gasteiger partial charge in [-0.15, -0.1) is 11.3 Å². The molecule has 1 atom stereocenters. The molecule has 0 aliphatic carbocycles. The van der Waals surface area contributed by atoms with Gasteiger partial charge in [0.25, 0.3) is 0 Å². The van der Waals surface area contributed by atoms with Gasteiger partial charge in [0, 0.05) is 14.2 Å². The van der Waals surface area contributed by atoms with Gasteiger partial charge >= 0.3 is 0 Å². The molecule has 1 unspecified atom stereocenters. The Labute approximate surface area is 129 Å². The van der Waals surface area contributed by atoms with Gasteiger partial charge < -0.3 is 5.73 Å². The van der Waals surface area contributed by atoms with Crippen LogP contribution in [0, 0.1) is 0 Å². The Morgan fingerprint density at radius 3 is 2.58 bits per heavy atom. The number of hydrogen-bond acceptors (Lipinski definition) is 2. The van der Waals surface area contributed by atoms with E-state index in [1.54, 1.807) is 11.3 Å². The zero-order chi connectivity index (χ0) is 13.4. The Kier molecular flexibility index (Phi) is 3.63. The molecule has 0 aliphatic heterocycles. The predicted octanol–water partition coefficient (Wildman–Crippen LogP) is 5.37. The van der Waals surface area contributed by atoms with Crippen LogP contribution in [0.15, 0.2) is 52.3 Å². The highest BCUT2D eigenvalue weighted by molar-refractivity contribution is 9.10. The maximum Gasteiger partial charge on any atom is 0.0566 e. The minimum atomic E-state index is -0.125. The molecule has 0 aliphatic rings. The van der Waals surface area contributed by atoms with Crippen molar-refractivity contribution in [2.24, 2.45) is 5.73 Å². The lowest BCUT2D eigenvalue weighted by Gasteiger charge is -2.11. The van der Waals surface area contributed by atoms with Crippen LogP contribution < -0.4 is 5.73 Å². The molecule has 0 saturated carbocycles. The molecule has 3 rings (SSSR count). The summed E-state index contributed by atoms with van der Waals surface area (Å²) < 4.78 is 2.35. The summed E-state index contributed by atoms with van der Waals surface area (Å²) in [4.78, 5) is 0. The van der Waals surface area contributed by atoms with Crippen LogP contribution in [-0.2, 0) is 0 Å². The lowest BCUT2D eigenvalue weighted by Crippen LogP contribution is -2.10. The number of fused-ring (bicyclic) bond motifs is 1. The van der Waals surface area contributed by atoms with E-state index in [0.717, 1.165) is 20.6 Å². The van der Waals surface area contributed by atoms with Gasteiger partial charge in [0.2, 0.25) is 0 Å². The second kappa shape index (κ2) is 5.25. The van der Waals surface area contributed by atoms with Crippen LogP contribution in [0.2, 0.25) is 5.02 Å². The Hall–Kier alpha value is -0.870. The van der Waals surface area contributed by atoms with Gasteiger partial charge in [0.05, 0.1) is 6.04 Å². The molecule has 2 aromatic carbocycles. The van der Waals surface area contributed by atoms with Gasteiger partial charge in [-0.25, -0.2) is 0 Å². The quantitative estimate of drug-likeness (QED) is 0.659. The summed E-state index contributed by atoms with van der Waals surface area (Å²) >= 11 is 11.2. The molecule has 96 valence electrons. The number of thiophene rings is 1. The standard InChI is InChI=1S/C15H11BrClNS/c16-13-3-1-2-11-12(8-19-15(11)13)14(18)9-4-6-10(17)7-5-9/h1-8,14H,18H2. The number of halogens is 2. The van der Waals surface area contributed by atoms with E-state index in [4.69, 9.17) is 17.3 Å². The van der Waals surface area contributed by atoms with Crippen LogP contribution in [0.5, 0.6) is 0 Å². The van der Waals surface area contributed by atoms with Crippen molar-refractivity contribution in [3.8, 4) is 0 Å². The van der Waals surface area contributed by atoms with Gasteiger partial charge in [0.15, 0.2) is 0 Å². The molecule has 2 N–H and O–H groups in total. The highest BCUT2D eigenvalue weighted by Gasteiger charge is 2.14. The van der Waals surface area contributed by atoms with Crippen LogP contribution >= 0.6 is 38.9 Å². The molecular weight excluding hydrogens is 342 g/mol. The van der Waals surface area contributed by atoms with E-state index < -0.39 is 0 Å². The molecule has 3 aromatic rings. The van der Waals surface area contributed by atoms with Crippen LogP contribution in [0.4, 0.5) is 0 Å². The van der Waals surface area contributed by atoms with E-state index >= 15 is 0 Å². The zero-order valence-corrected chi connectivity index (χ0v) is 13.1. The van der Waals surface area contributed by atoms with E-state index in [0.29, 0.717) is 0 Å². The molecule has 19 heavy (non-hydrogen) atoms. The van der Waals surface area contributed by atoms with Crippen LogP contribution in [0.3, 0.4) is 0 Å². The fourth-order valence-corrected chi connectivity index (χ4v) is 3.92. The number of rotatable bonds is 2. The van der Waals surface area contributed by atoms with Crippen molar-refractivity contribution in [3.05, 3.63) is 68.5 Å². The Bertz CT molecular complexity index is 721. The van der Waals surface area contributed by atoms with E-state index in [9.17, 15) is 0 Å². The van der Waals surface area contributed by atoms with Crippen molar-refractivity contribution < 1.29 is 0 Å². The monoisotopic (exact) mass is 351 g/mol. The van der Waals surface area contributed by atoms with Gasteiger partial charge in [0.1, 0.15) is 0 Å². The van der Waals surface area contributed by atoms with Gasteiger partial charge in [-0.2, -0.15) is 0 Å². The molecule has 1 heterocycles. The maximum absolute atomic E-state index is 6.38. The van der Waals surface area contributed by atoms with Gasteiger partial charge in [-0.3, -0.25) is 0 Å². The largest absolute Gasteiger partial charge is 0.320 e. The smallest absolute Gasteiger partial charge is 0.0566 e. The van der Waals surface area contributed by atoms with Crippen molar-refractivity contribution in [1.29, 1.82) is 0 Å². The average Bonchev–Trinajstić information content (AvgIpc) is 2.84. The topological polar surface area (TPSA) is 26.0 Å². The summed E-state index contributed by atoms with van der Waals surface area (Å²) in [6.45, 7) is 0. The van der Waals surface area contributed by atoms with E-state index in [1.165, 1.54) is 10.1 Å². The molecule has 0 saturated heterocycles. The lowest BCUT2D eigenvalue weighted by molar-refractivity contribution is 0.885. The van der Waals surface area contributed by atoms with E-state index in [-0.39, 0.29) is 6.04 Å². The van der Waals surface area contributed by atoms with Crippen LogP contribution in [0.1, 0.15) is 17.2 Å². The molecule has 0 amide bonds. The van der Waals surface area contributed by atoms with Crippen molar-refractivity contribution >= 4 is 49.0 Å². The fraction of sp³-hybridized carbons (Fsp3) is 0.0667. The molecule has 0 radical (unpaired) electrons. The molecule has 1 nitrogen and oxygen atoms in total. The minimum absolute atomic E-state index is 0.125. The third kappa shape index (κ3) is 2.43. The van der Waals surface area contributed by atoms with E-state index in [1.807, 2.05) is 30.3 Å². The average molecular weight is 353 g/mol. The molecule has 0 bridgehead atoms. The third-order valence-corrected chi connectivity index (χ3v) is 5.37. The second-order valence-corrected chi connectivity index (χ2v) is 6.51. The first-order valence-electron chi connectivity index (χ1n) is 5.83. The van der Waals surface area contributed by atoms with Gasteiger partial charge in [-0.05, 0) is 56.0 Å². The second-order valence-electron chi connectivity index (χ2n) is 4.34. The van der Waals surface area contributed by atoms with Gasteiger partial charge in [-0.1, -0.05) is 35.9 Å². The summed E-state index contributed by atoms with van der Waals surface area (Å²) in [5.74, 6) is 0. The highest BCUT2D eigenvalue weighted by atomic mass is 79.9. The number of hydrogen-bond donors (Lipinski definition) is 1. The lowest BCUT2D eigenvalue weighted by atomic mass is 9.99. The minimum Gasteiger partial charge on any atom is -0.320 e. The summed E-state index contributed by atoms with van der Waals surface area (Å²) in [7, 11) is 0. The predicted molar refractivity (Wildman–Crippen MR) is 87.0 cm³/mol. The molecule has 4 heteroatoms. The fourth-order valence-electron chi connectivity index (χ4n) is 2.13. The summed E-state index contributed by atoms with van der Waals surface area (Å²) in [6.07, 6.45) is 0. The van der Waals surface area contributed by atoms with Crippen LogP contribution in [-0.4, -0.2) is 0 Å². The molecule has 0 fully saturated rings. The Balaban J connectivity index is 2.09. The first-order chi connectivity index (χ1) is 9.16. The summed E-state index contributed by atoms with van der Waals surface area (Å²) in [5.41, 5.74) is 8.60. The normalized spacial score (nSPS) is 12.8. The SMILES string of the molecule is NC(c1ccc(Cl)cc1)c1csc2c(Br)cccc12. The first-order valence-corrected chi connectivity index (χ1v) is 7.88. The molecular formula is C15H11BrClNS. The highest BCUT2D eigenvalue weighted by Crippen LogP contribution is 2.36. The molecule has 1 aromatic heterocycles. The zero-order valence-electron chi connectivity index (χ0n) is 9.94.